The Kier molecular flexibility index (Phi) is 6.33. The van der Waals surface area contributed by atoms with E-state index in [1.165, 1.54) is 16.7 Å². The van der Waals surface area contributed by atoms with Crippen LogP contribution in [0.3, 0.4) is 0 Å². The Bertz CT molecular complexity index is 1340. The highest BCUT2D eigenvalue weighted by molar-refractivity contribution is 7.92. The zero-order valence-corrected chi connectivity index (χ0v) is 20.2. The van der Waals surface area contributed by atoms with Gasteiger partial charge in [-0.05, 0) is 61.6 Å². The first-order valence-corrected chi connectivity index (χ1v) is 13.0. The van der Waals surface area contributed by atoms with Crippen LogP contribution in [-0.2, 0) is 21.4 Å². The van der Waals surface area contributed by atoms with Gasteiger partial charge in [-0.25, -0.2) is 8.42 Å². The number of aryl methyl sites for hydroxylation is 1. The van der Waals surface area contributed by atoms with Crippen molar-refractivity contribution in [2.24, 2.45) is 5.92 Å². The zero-order chi connectivity index (χ0) is 23.0. The Morgan fingerprint density at radius 1 is 1.19 bits per heavy atom. The molecule has 7 nitrogen and oxygen atoms in total. The summed E-state index contributed by atoms with van der Waals surface area (Å²) in [4.78, 5) is 26.8. The Morgan fingerprint density at radius 2 is 1.91 bits per heavy atom. The van der Waals surface area contributed by atoms with Crippen molar-refractivity contribution in [3.05, 3.63) is 56.7 Å². The summed E-state index contributed by atoms with van der Waals surface area (Å²) in [6.07, 6.45) is 1.93. The topological polar surface area (TPSA) is 88.5 Å². The van der Waals surface area contributed by atoms with Crippen LogP contribution in [0.1, 0.15) is 25.3 Å². The molecule has 3 aromatic rings. The number of sulfonamides is 1. The average Bonchev–Trinajstić information content (AvgIpc) is 3.05. The minimum Gasteiger partial charge on any atom is -0.341 e. The molecular weight excluding hydrogens is 470 g/mol. The van der Waals surface area contributed by atoms with Crippen molar-refractivity contribution < 1.29 is 13.2 Å². The Labute approximate surface area is 195 Å². The number of piperidine rings is 1. The molecule has 10 heteroatoms. The summed E-state index contributed by atoms with van der Waals surface area (Å²) in [6, 6.07) is 9.50. The molecule has 4 rings (SSSR count). The molecule has 32 heavy (non-hydrogen) atoms. The number of aromatic nitrogens is 1. The lowest BCUT2D eigenvalue weighted by atomic mass is 9.99. The van der Waals surface area contributed by atoms with Crippen LogP contribution in [0.25, 0.3) is 10.2 Å². The van der Waals surface area contributed by atoms with Gasteiger partial charge < -0.3 is 4.90 Å². The number of thiazole rings is 1. The first kappa shape index (κ1) is 22.8. The minimum atomic E-state index is -3.90. The molecule has 0 spiro atoms. The number of anilines is 1. The number of nitrogens with one attached hydrogen (secondary N) is 1. The first-order valence-electron chi connectivity index (χ1n) is 10.3. The van der Waals surface area contributed by atoms with Crippen molar-refractivity contribution >= 4 is 54.8 Å². The van der Waals surface area contributed by atoms with Crippen LogP contribution in [0.2, 0.25) is 5.02 Å². The molecule has 0 saturated carbocycles. The summed E-state index contributed by atoms with van der Waals surface area (Å²) in [5.74, 6) is 0.513. The third-order valence-corrected chi connectivity index (χ3v) is 8.37. The van der Waals surface area contributed by atoms with Gasteiger partial charge in [-0.2, -0.15) is 0 Å². The van der Waals surface area contributed by atoms with Gasteiger partial charge in [-0.15, -0.1) is 0 Å². The number of carbonyl (C=O) groups excluding carboxylic acids is 1. The van der Waals surface area contributed by atoms with E-state index in [2.05, 4.69) is 11.6 Å². The van der Waals surface area contributed by atoms with Crippen LogP contribution in [0.5, 0.6) is 0 Å². The van der Waals surface area contributed by atoms with Crippen LogP contribution in [0.15, 0.2) is 46.1 Å². The Hall–Kier alpha value is -2.36. The SMILES string of the molecule is Cc1ccc(NS(=O)(=O)c2ccc3c(c2)sc(=O)n3CC(=O)N2CCC(C)CC2)c(Cl)c1. The van der Waals surface area contributed by atoms with Crippen LogP contribution in [0.4, 0.5) is 5.69 Å². The molecule has 1 saturated heterocycles. The quantitative estimate of drug-likeness (QED) is 0.580. The summed E-state index contributed by atoms with van der Waals surface area (Å²) in [5.41, 5.74) is 1.75. The molecule has 2 heterocycles. The third-order valence-electron chi connectivity index (χ3n) is 5.75. The molecule has 0 unspecified atom stereocenters. The standard InChI is InChI=1S/C22H24ClN3O4S2/c1-14-7-9-25(10-8-14)21(27)13-26-19-6-4-16(12-20(19)31-22(26)28)32(29,30)24-18-5-3-15(2)11-17(18)23/h3-6,11-12,14,24H,7-10,13H2,1-2H3. The van der Waals surface area contributed by atoms with Crippen molar-refractivity contribution in [3.8, 4) is 0 Å². The van der Waals surface area contributed by atoms with Gasteiger partial charge in [0, 0.05) is 13.1 Å². The van der Waals surface area contributed by atoms with Crippen LogP contribution in [0, 0.1) is 12.8 Å². The molecule has 1 fully saturated rings. The molecule has 1 amide bonds. The van der Waals surface area contributed by atoms with Gasteiger partial charge in [-0.3, -0.25) is 18.9 Å². The highest BCUT2D eigenvalue weighted by atomic mass is 35.5. The van der Waals surface area contributed by atoms with E-state index in [1.54, 1.807) is 29.2 Å². The third kappa shape index (κ3) is 4.69. The average molecular weight is 494 g/mol. The second kappa shape index (κ2) is 8.88. The number of fused-ring (bicyclic) bond motifs is 1. The molecule has 2 aromatic carbocycles. The van der Waals surface area contributed by atoms with E-state index in [0.717, 1.165) is 29.7 Å². The van der Waals surface area contributed by atoms with Crippen molar-refractivity contribution in [1.82, 2.24) is 9.47 Å². The number of nitrogens with zero attached hydrogens (tertiary/aromatic N) is 2. The molecule has 0 radical (unpaired) electrons. The second-order valence-corrected chi connectivity index (χ2v) is 11.3. The zero-order valence-electron chi connectivity index (χ0n) is 17.8. The molecule has 1 aliphatic heterocycles. The first-order chi connectivity index (χ1) is 15.1. The molecule has 1 aliphatic rings. The number of halogens is 1. The fourth-order valence-electron chi connectivity index (χ4n) is 3.76. The van der Waals surface area contributed by atoms with Gasteiger partial charge >= 0.3 is 4.87 Å². The van der Waals surface area contributed by atoms with Gasteiger partial charge in [-0.1, -0.05) is 35.9 Å². The lowest BCUT2D eigenvalue weighted by Crippen LogP contribution is -2.40. The fourth-order valence-corrected chi connectivity index (χ4v) is 6.21. The number of hydrogen-bond donors (Lipinski definition) is 1. The van der Waals surface area contributed by atoms with E-state index in [1.807, 2.05) is 6.92 Å². The van der Waals surface area contributed by atoms with Crippen LogP contribution >= 0.6 is 22.9 Å². The molecule has 1 aromatic heterocycles. The summed E-state index contributed by atoms with van der Waals surface area (Å²) in [6.45, 7) is 5.39. The van der Waals surface area contributed by atoms with Crippen molar-refractivity contribution in [1.29, 1.82) is 0 Å². The van der Waals surface area contributed by atoms with E-state index in [9.17, 15) is 18.0 Å². The van der Waals surface area contributed by atoms with Gasteiger partial charge in [0.05, 0.1) is 25.8 Å². The van der Waals surface area contributed by atoms with E-state index in [-0.39, 0.29) is 27.9 Å². The summed E-state index contributed by atoms with van der Waals surface area (Å²) < 4.78 is 30.2. The number of amides is 1. The molecule has 1 N–H and O–H groups in total. The summed E-state index contributed by atoms with van der Waals surface area (Å²) in [7, 11) is -3.90. The van der Waals surface area contributed by atoms with Crippen molar-refractivity contribution in [2.75, 3.05) is 17.8 Å². The molecular formula is C22H24ClN3O4S2. The molecule has 0 atom stereocenters. The predicted octanol–water partition coefficient (Wildman–Crippen LogP) is 4.08. The molecule has 0 bridgehead atoms. The van der Waals surface area contributed by atoms with Gasteiger partial charge in [0.25, 0.3) is 10.0 Å². The van der Waals surface area contributed by atoms with Crippen LogP contribution in [-0.4, -0.2) is 36.9 Å². The fraction of sp³-hybridized carbons (Fsp3) is 0.364. The monoisotopic (exact) mass is 493 g/mol. The van der Waals surface area contributed by atoms with Gasteiger partial charge in [0.1, 0.15) is 6.54 Å². The largest absolute Gasteiger partial charge is 0.341 e. The normalized spacial score (nSPS) is 15.3. The van der Waals surface area contributed by atoms with Gasteiger partial charge in [0.15, 0.2) is 0 Å². The van der Waals surface area contributed by atoms with Crippen molar-refractivity contribution in [2.45, 2.75) is 38.1 Å². The highest BCUT2D eigenvalue weighted by Gasteiger charge is 2.23. The summed E-state index contributed by atoms with van der Waals surface area (Å²) >= 11 is 7.09. The lowest BCUT2D eigenvalue weighted by Gasteiger charge is -2.30. The summed E-state index contributed by atoms with van der Waals surface area (Å²) in [5, 5.41) is 0.302. The van der Waals surface area contributed by atoms with Crippen LogP contribution < -0.4 is 9.60 Å². The maximum Gasteiger partial charge on any atom is 0.308 e. The smallest absolute Gasteiger partial charge is 0.308 e. The number of hydrogen-bond acceptors (Lipinski definition) is 5. The van der Waals surface area contributed by atoms with E-state index in [4.69, 9.17) is 11.6 Å². The number of rotatable bonds is 5. The predicted molar refractivity (Wildman–Crippen MR) is 128 cm³/mol. The Balaban J connectivity index is 1.59. The van der Waals surface area contributed by atoms with E-state index >= 15 is 0 Å². The number of carbonyl (C=O) groups is 1. The van der Waals surface area contributed by atoms with E-state index < -0.39 is 10.0 Å². The Morgan fingerprint density at radius 3 is 2.59 bits per heavy atom. The molecule has 170 valence electrons. The van der Waals surface area contributed by atoms with E-state index in [0.29, 0.717) is 34.2 Å². The number of benzene rings is 2. The van der Waals surface area contributed by atoms with Crippen molar-refractivity contribution in [3.63, 3.8) is 0 Å². The lowest BCUT2D eigenvalue weighted by molar-refractivity contribution is -0.133. The molecule has 0 aliphatic carbocycles. The highest BCUT2D eigenvalue weighted by Crippen LogP contribution is 2.28. The maximum atomic E-state index is 12.9. The minimum absolute atomic E-state index is 0.0198. The van der Waals surface area contributed by atoms with Gasteiger partial charge in [0.2, 0.25) is 5.91 Å². The number of likely N-dealkylation sites (tertiary alicyclic amines) is 1. The maximum absolute atomic E-state index is 12.9. The second-order valence-electron chi connectivity index (χ2n) is 8.24.